The van der Waals surface area contributed by atoms with Crippen LogP contribution in [0.4, 0.5) is 0 Å². The second kappa shape index (κ2) is 13.7. The first-order valence-corrected chi connectivity index (χ1v) is 5.71. The summed E-state index contributed by atoms with van der Waals surface area (Å²) in [7, 11) is 0. The standard InChI is InChI=1S/C8H8.C5H8.C4H6O2/c1-2-8-6-4-3-5-7-8;1-4-5(2)3;1-3-6-4(2)5/h2-7H,1H2;4H,1-2H2,3H3;3H,1H2,2H3. The van der Waals surface area contributed by atoms with Crippen LogP contribution in [0.2, 0.25) is 0 Å². The first kappa shape index (κ1) is 19.0. The van der Waals surface area contributed by atoms with Crippen LogP contribution in [0.25, 0.3) is 6.08 Å². The van der Waals surface area contributed by atoms with Crippen LogP contribution >= 0.6 is 0 Å². The number of carbonyl (C=O) groups is 1. The molecule has 0 heterocycles. The molecule has 0 saturated carbocycles. The van der Waals surface area contributed by atoms with Crippen molar-refractivity contribution in [3.05, 3.63) is 80.1 Å². The molecule has 1 rings (SSSR count). The summed E-state index contributed by atoms with van der Waals surface area (Å²) in [5.74, 6) is -0.329. The molecule has 0 aromatic heterocycles. The van der Waals surface area contributed by atoms with Gasteiger partial charge in [-0.25, -0.2) is 0 Å². The van der Waals surface area contributed by atoms with Gasteiger partial charge < -0.3 is 4.74 Å². The first-order chi connectivity index (χ1) is 8.97. The molecule has 0 aliphatic rings. The van der Waals surface area contributed by atoms with E-state index in [0.717, 1.165) is 11.8 Å². The number of esters is 1. The molecule has 0 aliphatic heterocycles. The molecule has 1 aromatic rings. The Morgan fingerprint density at radius 1 is 1.11 bits per heavy atom. The van der Waals surface area contributed by atoms with Crippen molar-refractivity contribution < 1.29 is 9.53 Å². The fraction of sp³-hybridized carbons (Fsp3) is 0.118. The van der Waals surface area contributed by atoms with Crippen LogP contribution in [0.5, 0.6) is 0 Å². The lowest BCUT2D eigenvalue weighted by molar-refractivity contribution is -0.135. The van der Waals surface area contributed by atoms with Crippen LogP contribution in [0.3, 0.4) is 0 Å². The van der Waals surface area contributed by atoms with Crippen LogP contribution in [0.15, 0.2) is 74.6 Å². The smallest absolute Gasteiger partial charge is 0.307 e. The van der Waals surface area contributed by atoms with Crippen LogP contribution in [0, 0.1) is 0 Å². The summed E-state index contributed by atoms with van der Waals surface area (Å²) in [6, 6.07) is 10.0. The van der Waals surface area contributed by atoms with E-state index >= 15 is 0 Å². The van der Waals surface area contributed by atoms with Gasteiger partial charge >= 0.3 is 5.97 Å². The predicted molar refractivity (Wildman–Crippen MR) is 83.5 cm³/mol. The molecule has 0 spiro atoms. The van der Waals surface area contributed by atoms with Gasteiger partial charge in [0.05, 0.1) is 6.26 Å². The molecule has 0 saturated heterocycles. The van der Waals surface area contributed by atoms with Crippen molar-refractivity contribution in [2.24, 2.45) is 0 Å². The van der Waals surface area contributed by atoms with Crippen LogP contribution in [-0.4, -0.2) is 5.97 Å². The van der Waals surface area contributed by atoms with Crippen molar-refractivity contribution in [2.45, 2.75) is 13.8 Å². The molecular formula is C17H22O2. The Labute approximate surface area is 116 Å². The highest BCUT2D eigenvalue weighted by atomic mass is 16.5. The van der Waals surface area contributed by atoms with Gasteiger partial charge in [0.2, 0.25) is 0 Å². The minimum atomic E-state index is -0.329. The third kappa shape index (κ3) is 18.2. The summed E-state index contributed by atoms with van der Waals surface area (Å²) in [4.78, 5) is 9.75. The van der Waals surface area contributed by atoms with Crippen molar-refractivity contribution >= 4 is 12.0 Å². The molecule has 2 nitrogen and oxygen atoms in total. The number of carbonyl (C=O) groups excluding carboxylic acids is 1. The Morgan fingerprint density at radius 2 is 1.58 bits per heavy atom. The maximum Gasteiger partial charge on any atom is 0.307 e. The second-order valence-electron chi connectivity index (χ2n) is 3.44. The predicted octanol–water partition coefficient (Wildman–Crippen LogP) is 4.77. The maximum atomic E-state index is 9.75. The Balaban J connectivity index is 0. The van der Waals surface area contributed by atoms with Crippen molar-refractivity contribution in [1.29, 1.82) is 0 Å². The number of hydrogen-bond donors (Lipinski definition) is 0. The molecule has 0 N–H and O–H groups in total. The SMILES string of the molecule is C=CC(=C)C.C=COC(C)=O.C=Cc1ccccc1. The number of ether oxygens (including phenoxy) is 1. The van der Waals surface area contributed by atoms with Gasteiger partial charge in [0, 0.05) is 6.92 Å². The minimum absolute atomic E-state index is 0.329. The number of rotatable bonds is 3. The summed E-state index contributed by atoms with van der Waals surface area (Å²) < 4.78 is 4.17. The average molecular weight is 258 g/mol. The maximum absolute atomic E-state index is 9.75. The summed E-state index contributed by atoms with van der Waals surface area (Å²) in [5, 5.41) is 0. The van der Waals surface area contributed by atoms with E-state index in [1.54, 1.807) is 6.08 Å². The molecule has 19 heavy (non-hydrogen) atoms. The van der Waals surface area contributed by atoms with E-state index in [-0.39, 0.29) is 5.97 Å². The zero-order chi connectivity index (χ0) is 15.1. The largest absolute Gasteiger partial charge is 0.435 e. The molecule has 102 valence electrons. The normalized spacial score (nSPS) is 7.47. The molecule has 0 fully saturated rings. The van der Waals surface area contributed by atoms with Gasteiger partial charge in [-0.1, -0.05) is 74.4 Å². The first-order valence-electron chi connectivity index (χ1n) is 5.71. The second-order valence-corrected chi connectivity index (χ2v) is 3.44. The Bertz CT molecular complexity index is 403. The molecule has 0 unspecified atom stereocenters. The highest BCUT2D eigenvalue weighted by Gasteiger charge is 1.79. The lowest BCUT2D eigenvalue weighted by Gasteiger charge is -1.85. The Morgan fingerprint density at radius 3 is 1.74 bits per heavy atom. The van der Waals surface area contributed by atoms with E-state index < -0.39 is 0 Å². The van der Waals surface area contributed by atoms with E-state index in [1.807, 2.05) is 43.3 Å². The van der Waals surface area contributed by atoms with E-state index in [0.29, 0.717) is 0 Å². The van der Waals surface area contributed by atoms with Crippen molar-refractivity contribution in [3.63, 3.8) is 0 Å². The zero-order valence-electron chi connectivity index (χ0n) is 11.8. The van der Waals surface area contributed by atoms with Gasteiger partial charge in [-0.3, -0.25) is 4.79 Å². The molecule has 0 radical (unpaired) electrons. The van der Waals surface area contributed by atoms with Crippen LogP contribution in [-0.2, 0) is 9.53 Å². The zero-order valence-corrected chi connectivity index (χ0v) is 11.8. The van der Waals surface area contributed by atoms with Gasteiger partial charge in [-0.2, -0.15) is 0 Å². The van der Waals surface area contributed by atoms with E-state index in [2.05, 4.69) is 31.1 Å². The van der Waals surface area contributed by atoms with E-state index in [4.69, 9.17) is 0 Å². The molecule has 0 amide bonds. The lowest BCUT2D eigenvalue weighted by Crippen LogP contribution is -1.87. The average Bonchev–Trinajstić information content (AvgIpc) is 2.41. The molecule has 0 atom stereocenters. The third-order valence-electron chi connectivity index (χ3n) is 1.63. The summed E-state index contributed by atoms with van der Waals surface area (Å²) in [6.07, 6.45) is 4.66. The summed E-state index contributed by atoms with van der Waals surface area (Å²) in [6.45, 7) is 17.0. The molecule has 2 heteroatoms. The molecule has 1 aromatic carbocycles. The topological polar surface area (TPSA) is 26.3 Å². The molecular weight excluding hydrogens is 236 g/mol. The van der Waals surface area contributed by atoms with Crippen LogP contribution in [0.1, 0.15) is 19.4 Å². The fourth-order valence-electron chi connectivity index (χ4n) is 0.706. The quantitative estimate of drug-likeness (QED) is 0.443. The van der Waals surface area contributed by atoms with E-state index in [1.165, 1.54) is 12.5 Å². The minimum Gasteiger partial charge on any atom is -0.435 e. The van der Waals surface area contributed by atoms with Gasteiger partial charge in [-0.05, 0) is 12.5 Å². The van der Waals surface area contributed by atoms with E-state index in [9.17, 15) is 4.79 Å². The summed E-state index contributed by atoms with van der Waals surface area (Å²) in [5.41, 5.74) is 2.19. The number of allylic oxidation sites excluding steroid dienone is 2. The van der Waals surface area contributed by atoms with Crippen molar-refractivity contribution in [2.75, 3.05) is 0 Å². The fourth-order valence-corrected chi connectivity index (χ4v) is 0.706. The van der Waals surface area contributed by atoms with Crippen molar-refractivity contribution in [3.8, 4) is 0 Å². The van der Waals surface area contributed by atoms with Gasteiger partial charge in [0.15, 0.2) is 0 Å². The summed E-state index contributed by atoms with van der Waals surface area (Å²) >= 11 is 0. The third-order valence-corrected chi connectivity index (χ3v) is 1.63. The number of benzene rings is 1. The monoisotopic (exact) mass is 258 g/mol. The molecule has 0 aliphatic carbocycles. The Kier molecular flexibility index (Phi) is 13.7. The lowest BCUT2D eigenvalue weighted by atomic mass is 10.2. The Hall–Kier alpha value is -2.35. The highest BCUT2D eigenvalue weighted by molar-refractivity contribution is 5.66. The van der Waals surface area contributed by atoms with Crippen LogP contribution < -0.4 is 0 Å². The number of hydrogen-bond acceptors (Lipinski definition) is 2. The molecule has 0 bridgehead atoms. The van der Waals surface area contributed by atoms with Crippen molar-refractivity contribution in [1.82, 2.24) is 0 Å². The highest BCUT2D eigenvalue weighted by Crippen LogP contribution is 1.97. The van der Waals surface area contributed by atoms with Gasteiger partial charge in [0.25, 0.3) is 0 Å². The van der Waals surface area contributed by atoms with Gasteiger partial charge in [0.1, 0.15) is 0 Å². The van der Waals surface area contributed by atoms with Gasteiger partial charge in [-0.15, -0.1) is 0 Å².